The van der Waals surface area contributed by atoms with E-state index in [-0.39, 0.29) is 0 Å². The van der Waals surface area contributed by atoms with Gasteiger partial charge in [0.1, 0.15) is 11.3 Å². The second-order valence-corrected chi connectivity index (χ2v) is 7.43. The maximum atomic E-state index is 8.85. The third-order valence-corrected chi connectivity index (χ3v) is 5.17. The lowest BCUT2D eigenvalue weighted by Crippen LogP contribution is -1.89. The van der Waals surface area contributed by atoms with Gasteiger partial charge in [0, 0.05) is 16.4 Å². The number of pyridine rings is 1. The third kappa shape index (κ3) is 3.23. The Hall–Kier alpha value is -2.63. The van der Waals surface area contributed by atoms with E-state index >= 15 is 0 Å². The summed E-state index contributed by atoms with van der Waals surface area (Å²) in [6.07, 6.45) is 1.93. The van der Waals surface area contributed by atoms with Gasteiger partial charge in [0.25, 0.3) is 11.1 Å². The second kappa shape index (κ2) is 6.94. The maximum Gasteiger partial charge on any atom is 0.277 e. The SMILES string of the molecule is Cc1nc2ccc(Br)cn2c1-c1nnc(SCc2ccc(C#N)cc2)o1. The van der Waals surface area contributed by atoms with Crippen molar-refractivity contribution >= 4 is 33.3 Å². The van der Waals surface area contributed by atoms with Crippen molar-refractivity contribution in [2.45, 2.75) is 17.9 Å². The van der Waals surface area contributed by atoms with Crippen LogP contribution < -0.4 is 0 Å². The lowest BCUT2D eigenvalue weighted by atomic mass is 10.2. The molecule has 0 bridgehead atoms. The number of fused-ring (bicyclic) bond motifs is 1. The van der Waals surface area contributed by atoms with Crippen LogP contribution >= 0.6 is 27.7 Å². The smallest absolute Gasteiger partial charge is 0.277 e. The van der Waals surface area contributed by atoms with Gasteiger partial charge < -0.3 is 4.42 Å². The number of rotatable bonds is 4. The predicted octanol–water partition coefficient (Wildman–Crippen LogP) is 4.62. The maximum absolute atomic E-state index is 8.85. The molecule has 1 aromatic carbocycles. The van der Waals surface area contributed by atoms with Crippen LogP contribution in [0.4, 0.5) is 0 Å². The van der Waals surface area contributed by atoms with E-state index in [4.69, 9.17) is 9.68 Å². The first-order valence-corrected chi connectivity index (χ1v) is 9.52. The molecule has 0 aliphatic heterocycles. The Labute approximate surface area is 162 Å². The first-order valence-electron chi connectivity index (χ1n) is 7.74. The summed E-state index contributed by atoms with van der Waals surface area (Å²) in [6.45, 7) is 1.92. The molecule has 0 unspecified atom stereocenters. The lowest BCUT2D eigenvalue weighted by Gasteiger charge is -1.99. The van der Waals surface area contributed by atoms with Crippen molar-refractivity contribution in [1.29, 1.82) is 5.26 Å². The monoisotopic (exact) mass is 425 g/mol. The van der Waals surface area contributed by atoms with Crippen LogP contribution in [-0.2, 0) is 5.75 Å². The number of nitrogens with zero attached hydrogens (tertiary/aromatic N) is 5. The minimum Gasteiger partial charge on any atom is -0.410 e. The molecule has 3 aromatic heterocycles. The average Bonchev–Trinajstić information content (AvgIpc) is 3.23. The number of imidazole rings is 1. The highest BCUT2D eigenvalue weighted by Gasteiger charge is 2.17. The van der Waals surface area contributed by atoms with Gasteiger partial charge in [-0.1, -0.05) is 23.9 Å². The summed E-state index contributed by atoms with van der Waals surface area (Å²) in [6, 6.07) is 13.4. The lowest BCUT2D eigenvalue weighted by molar-refractivity contribution is 0.464. The molecule has 0 N–H and O–H groups in total. The van der Waals surface area contributed by atoms with Crippen molar-refractivity contribution in [3.05, 3.63) is 63.9 Å². The van der Waals surface area contributed by atoms with E-state index in [2.05, 4.69) is 37.2 Å². The fourth-order valence-corrected chi connectivity index (χ4v) is 3.63. The summed E-state index contributed by atoms with van der Waals surface area (Å²) in [5.74, 6) is 1.13. The largest absolute Gasteiger partial charge is 0.410 e. The van der Waals surface area contributed by atoms with E-state index < -0.39 is 0 Å². The van der Waals surface area contributed by atoms with E-state index in [1.165, 1.54) is 11.8 Å². The van der Waals surface area contributed by atoms with E-state index in [0.29, 0.717) is 22.4 Å². The zero-order chi connectivity index (χ0) is 18.1. The predicted molar refractivity (Wildman–Crippen MR) is 102 cm³/mol. The average molecular weight is 426 g/mol. The van der Waals surface area contributed by atoms with Crippen molar-refractivity contribution in [1.82, 2.24) is 19.6 Å². The zero-order valence-electron chi connectivity index (χ0n) is 13.7. The molecule has 0 spiro atoms. The van der Waals surface area contributed by atoms with Crippen molar-refractivity contribution in [2.24, 2.45) is 0 Å². The van der Waals surface area contributed by atoms with E-state index in [9.17, 15) is 0 Å². The topological polar surface area (TPSA) is 80.0 Å². The number of thioether (sulfide) groups is 1. The number of aryl methyl sites for hydroxylation is 1. The van der Waals surface area contributed by atoms with Crippen molar-refractivity contribution in [3.63, 3.8) is 0 Å². The number of hydrogen-bond donors (Lipinski definition) is 0. The number of aromatic nitrogens is 4. The summed E-state index contributed by atoms with van der Waals surface area (Å²) in [5, 5.41) is 17.7. The highest BCUT2D eigenvalue weighted by molar-refractivity contribution is 9.10. The van der Waals surface area contributed by atoms with E-state index in [0.717, 1.165) is 27.1 Å². The Bertz CT molecular complexity index is 1130. The molecule has 0 radical (unpaired) electrons. The quantitative estimate of drug-likeness (QED) is 0.443. The molecule has 128 valence electrons. The molecule has 26 heavy (non-hydrogen) atoms. The molecule has 6 nitrogen and oxygen atoms in total. The second-order valence-electron chi connectivity index (χ2n) is 5.59. The molecular weight excluding hydrogens is 414 g/mol. The van der Waals surface area contributed by atoms with Crippen LogP contribution in [0.25, 0.3) is 17.2 Å². The van der Waals surface area contributed by atoms with Gasteiger partial charge in [-0.3, -0.25) is 4.40 Å². The fourth-order valence-electron chi connectivity index (χ4n) is 2.58. The van der Waals surface area contributed by atoms with Crippen LogP contribution in [0.5, 0.6) is 0 Å². The number of nitriles is 1. The fraction of sp³-hybridized carbons (Fsp3) is 0.111. The zero-order valence-corrected chi connectivity index (χ0v) is 16.1. The van der Waals surface area contributed by atoms with Crippen LogP contribution in [0.15, 0.2) is 56.7 Å². The Kier molecular flexibility index (Phi) is 4.49. The molecule has 0 aliphatic carbocycles. The molecule has 4 aromatic rings. The van der Waals surface area contributed by atoms with E-state index in [1.807, 2.05) is 41.8 Å². The van der Waals surface area contributed by atoms with Crippen LogP contribution in [-0.4, -0.2) is 19.6 Å². The normalized spacial score (nSPS) is 11.0. The Morgan fingerprint density at radius 2 is 2.00 bits per heavy atom. The third-order valence-electron chi connectivity index (χ3n) is 3.81. The van der Waals surface area contributed by atoms with Gasteiger partial charge in [0.2, 0.25) is 0 Å². The van der Waals surface area contributed by atoms with Crippen molar-refractivity contribution in [2.75, 3.05) is 0 Å². The molecule has 0 amide bonds. The summed E-state index contributed by atoms with van der Waals surface area (Å²) in [5.41, 5.74) is 4.18. The van der Waals surface area contributed by atoms with Gasteiger partial charge in [0.15, 0.2) is 0 Å². The van der Waals surface area contributed by atoms with E-state index in [1.54, 1.807) is 12.1 Å². The minimum absolute atomic E-state index is 0.440. The Morgan fingerprint density at radius 1 is 1.19 bits per heavy atom. The number of benzene rings is 1. The van der Waals surface area contributed by atoms with Gasteiger partial charge in [-0.15, -0.1) is 10.2 Å². The van der Waals surface area contributed by atoms with Gasteiger partial charge >= 0.3 is 0 Å². The first kappa shape index (κ1) is 16.8. The summed E-state index contributed by atoms with van der Waals surface area (Å²) >= 11 is 4.93. The highest BCUT2D eigenvalue weighted by atomic mass is 79.9. The molecule has 0 saturated heterocycles. The molecule has 0 saturated carbocycles. The molecule has 0 atom stereocenters. The van der Waals surface area contributed by atoms with Crippen LogP contribution in [0.1, 0.15) is 16.8 Å². The van der Waals surface area contributed by atoms with Gasteiger partial charge in [-0.05, 0) is 52.7 Å². The Morgan fingerprint density at radius 3 is 2.77 bits per heavy atom. The Balaban J connectivity index is 1.57. The van der Waals surface area contributed by atoms with Gasteiger partial charge in [-0.25, -0.2) is 4.98 Å². The molecule has 0 aliphatic rings. The van der Waals surface area contributed by atoms with Gasteiger partial charge in [-0.2, -0.15) is 5.26 Å². The minimum atomic E-state index is 0.440. The molecule has 8 heteroatoms. The summed E-state index contributed by atoms with van der Waals surface area (Å²) < 4.78 is 8.71. The van der Waals surface area contributed by atoms with Crippen LogP contribution in [0.3, 0.4) is 0 Å². The molecule has 3 heterocycles. The molecular formula is C18H12BrN5OS. The summed E-state index contributed by atoms with van der Waals surface area (Å²) in [7, 11) is 0. The number of hydrogen-bond acceptors (Lipinski definition) is 6. The molecule has 0 fully saturated rings. The van der Waals surface area contributed by atoms with Crippen LogP contribution in [0, 0.1) is 18.3 Å². The first-order chi connectivity index (χ1) is 12.6. The highest BCUT2D eigenvalue weighted by Crippen LogP contribution is 2.29. The van der Waals surface area contributed by atoms with Crippen LogP contribution in [0.2, 0.25) is 0 Å². The van der Waals surface area contributed by atoms with Crippen molar-refractivity contribution in [3.8, 4) is 17.7 Å². The summed E-state index contributed by atoms with van der Waals surface area (Å²) in [4.78, 5) is 4.53. The van der Waals surface area contributed by atoms with Gasteiger partial charge in [0.05, 0.1) is 17.3 Å². The standard InChI is InChI=1S/C18H12BrN5OS/c1-11-16(24-9-14(19)6-7-15(24)21-11)17-22-23-18(25-17)26-10-13-4-2-12(8-20)3-5-13/h2-7,9H,10H2,1H3. The number of halogens is 1. The molecule has 4 rings (SSSR count). The van der Waals surface area contributed by atoms with Crippen molar-refractivity contribution < 1.29 is 4.42 Å².